The molecule has 4 heterocycles. The van der Waals surface area contributed by atoms with Gasteiger partial charge in [0.1, 0.15) is 40.5 Å². The van der Waals surface area contributed by atoms with E-state index in [4.69, 9.17) is 23.2 Å². The molecule has 4 saturated carbocycles. The molecule has 0 spiro atoms. The van der Waals surface area contributed by atoms with Gasteiger partial charge in [-0.2, -0.15) is 20.4 Å². The standard InChI is InChI=1S/C25H23Cl2FN2O.C25H23F3N2O.C25H25FN2O.C25H21FN2O/c1-24-14-17-15-29-30(21-6-4-20(28)5-7-21)23(17)12-18(24)9-11-25(24,31)10-8-16-2-3-19(26)13-22(16)27;1-24-14-17-15-29-30(21-6-4-19(26)5-7-21)23(17)12-18(24)9-11-25(24,31)10-8-16-2-3-20(27)13-22(16)28;2*1-24-16-19-17-27-28(22-9-7-21(26)8-10-22)23(19)15-20(24)12-14-25(24,29)13-11-18-5-3-2-4-6-18/h2*2-7,12-13,15,31H,8-11,14H2,1H3;2-10,15,17,29H,11-14,16H2,1H3;2-10,15,17,29H,12,14,16H2,1H3/t4*24-,25-/m0000/s1. The molecule has 612 valence electrons. The minimum Gasteiger partial charge on any atom is -0.389 e. The Morgan fingerprint density at radius 2 is 0.700 bits per heavy atom. The molecule has 120 heavy (non-hydrogen) atoms. The normalized spacial score (nSPS) is 24.9. The van der Waals surface area contributed by atoms with Crippen LogP contribution in [0.25, 0.3) is 47.1 Å². The van der Waals surface area contributed by atoms with Crippen LogP contribution < -0.4 is 0 Å². The fourth-order valence-electron chi connectivity index (χ4n) is 20.0. The van der Waals surface area contributed by atoms with Crippen LogP contribution >= 0.6 is 23.2 Å². The average Bonchev–Trinajstić information content (AvgIpc) is 1.25. The van der Waals surface area contributed by atoms with Crippen LogP contribution in [0.5, 0.6) is 0 Å². The largest absolute Gasteiger partial charge is 0.389 e. The summed E-state index contributed by atoms with van der Waals surface area (Å²) in [5.41, 5.74) is 14.9. The van der Waals surface area contributed by atoms with Gasteiger partial charge in [0.15, 0.2) is 0 Å². The van der Waals surface area contributed by atoms with Gasteiger partial charge in [0, 0.05) is 43.3 Å². The molecule has 8 aliphatic rings. The Labute approximate surface area is 704 Å². The van der Waals surface area contributed by atoms with Crippen molar-refractivity contribution in [1.82, 2.24) is 39.1 Å². The lowest BCUT2D eigenvalue weighted by Crippen LogP contribution is -2.45. The molecule has 8 aliphatic carbocycles. The Balaban J connectivity index is 0.000000114. The van der Waals surface area contributed by atoms with Crippen molar-refractivity contribution in [1.29, 1.82) is 0 Å². The summed E-state index contributed by atoms with van der Waals surface area (Å²) in [6.45, 7) is 8.52. The Kier molecular flexibility index (Phi) is 21.7. The van der Waals surface area contributed by atoms with Crippen molar-refractivity contribution in [3.05, 3.63) is 353 Å². The van der Waals surface area contributed by atoms with Crippen molar-refractivity contribution in [2.45, 2.75) is 166 Å². The number of halogens is 8. The van der Waals surface area contributed by atoms with E-state index < -0.39 is 44.9 Å². The lowest BCUT2D eigenvalue weighted by molar-refractivity contribution is -0.0464. The van der Waals surface area contributed by atoms with Gasteiger partial charge in [0.05, 0.1) is 87.1 Å². The van der Waals surface area contributed by atoms with Crippen LogP contribution in [0, 0.1) is 68.4 Å². The topological polar surface area (TPSA) is 152 Å². The second-order valence-corrected chi connectivity index (χ2v) is 35.4. The third-order valence-corrected chi connectivity index (χ3v) is 28.3. The summed E-state index contributed by atoms with van der Waals surface area (Å²) in [5.74, 6) is 4.09. The van der Waals surface area contributed by atoms with Crippen LogP contribution in [0.3, 0.4) is 0 Å². The molecule has 8 atom stereocenters. The summed E-state index contributed by atoms with van der Waals surface area (Å²) in [6.07, 6.45) is 28.5. The molecule has 0 amide bonds. The minimum atomic E-state index is -1.08. The van der Waals surface area contributed by atoms with Gasteiger partial charge in [-0.15, -0.1) is 0 Å². The quantitative estimate of drug-likeness (QED) is 0.0658. The van der Waals surface area contributed by atoms with Crippen molar-refractivity contribution < 1.29 is 46.8 Å². The Hall–Kier alpha value is -10.9. The van der Waals surface area contributed by atoms with E-state index in [9.17, 15) is 46.8 Å². The number of aromatic nitrogens is 8. The first-order valence-electron chi connectivity index (χ1n) is 41.1. The number of benzene rings is 8. The van der Waals surface area contributed by atoms with Crippen molar-refractivity contribution >= 4 is 47.5 Å². The van der Waals surface area contributed by atoms with Gasteiger partial charge in [-0.25, -0.2) is 45.1 Å². The summed E-state index contributed by atoms with van der Waals surface area (Å²) in [5, 5.41) is 66.0. The zero-order valence-corrected chi connectivity index (χ0v) is 68.7. The highest BCUT2D eigenvalue weighted by atomic mass is 35.5. The number of aliphatic hydroxyl groups is 4. The Morgan fingerprint density at radius 3 is 1.08 bits per heavy atom. The zero-order chi connectivity index (χ0) is 83.7. The predicted octanol–water partition coefficient (Wildman–Crippen LogP) is 21.5. The van der Waals surface area contributed by atoms with E-state index in [0.717, 1.165) is 155 Å². The molecule has 8 aromatic carbocycles. The van der Waals surface area contributed by atoms with Gasteiger partial charge in [-0.1, -0.05) is 146 Å². The smallest absolute Gasteiger partial charge is 0.135 e. The molecule has 0 bridgehead atoms. The summed E-state index contributed by atoms with van der Waals surface area (Å²) in [4.78, 5) is 0. The van der Waals surface area contributed by atoms with E-state index in [1.54, 1.807) is 65.5 Å². The first-order chi connectivity index (χ1) is 57.5. The summed E-state index contributed by atoms with van der Waals surface area (Å²) < 4.78 is 87.9. The molecule has 0 saturated heterocycles. The SMILES string of the molecule is C[C@]12Cc3cnn(-c4ccc(F)cc4)c3C=C1CC[C@@]2(O)C#Cc1ccccc1.C[C@]12Cc3cnn(-c4ccc(F)cc4)c3C=C1CC[C@@]2(O)CCc1ccc(Cl)cc1Cl.C[C@]12Cc3cnn(-c4ccc(F)cc4)c3C=C1CC[C@@]2(O)CCc1ccc(F)cc1F.C[C@]12Cc3cnn(-c4ccc(F)cc4)c3C=C1CC[C@@]2(O)CCc1ccccc1. The molecule has 4 aromatic heterocycles. The van der Waals surface area contributed by atoms with Crippen molar-refractivity contribution in [3.8, 4) is 34.6 Å². The zero-order valence-electron chi connectivity index (χ0n) is 67.2. The fraction of sp³-hybridized carbons (Fsp3) is 0.300. The monoisotopic (exact) mass is 1650 g/mol. The maximum atomic E-state index is 14.1. The van der Waals surface area contributed by atoms with Crippen molar-refractivity contribution in [2.24, 2.45) is 21.7 Å². The summed E-state index contributed by atoms with van der Waals surface area (Å²) in [6, 6.07) is 54.6. The fourth-order valence-corrected chi connectivity index (χ4v) is 20.5. The summed E-state index contributed by atoms with van der Waals surface area (Å²) in [7, 11) is 0. The van der Waals surface area contributed by atoms with Crippen molar-refractivity contribution in [3.63, 3.8) is 0 Å². The number of aryl methyl sites for hydroxylation is 3. The van der Waals surface area contributed by atoms with Gasteiger partial charge in [0.25, 0.3) is 0 Å². The highest BCUT2D eigenvalue weighted by molar-refractivity contribution is 6.35. The minimum absolute atomic E-state index is 0.250. The van der Waals surface area contributed by atoms with E-state index in [1.807, 2.05) is 81.2 Å². The molecule has 20 rings (SSSR count). The molecule has 0 radical (unpaired) electrons. The molecule has 4 N–H and O–H groups in total. The third-order valence-electron chi connectivity index (χ3n) is 27.8. The maximum Gasteiger partial charge on any atom is 0.135 e. The van der Waals surface area contributed by atoms with E-state index in [0.29, 0.717) is 67.0 Å². The molecule has 4 fully saturated rings. The van der Waals surface area contributed by atoms with Crippen LogP contribution in [-0.4, -0.2) is 82.0 Å². The molecule has 20 heteroatoms. The van der Waals surface area contributed by atoms with Crippen LogP contribution in [0.4, 0.5) is 26.3 Å². The lowest BCUT2D eigenvalue weighted by Gasteiger charge is -2.42. The van der Waals surface area contributed by atoms with Crippen LogP contribution in [0.15, 0.2) is 241 Å². The molecule has 12 nitrogen and oxygen atoms in total. The molecular formula is C100H92Cl2F6N8O4. The van der Waals surface area contributed by atoms with Gasteiger partial charge in [-0.05, 0) is 306 Å². The van der Waals surface area contributed by atoms with Gasteiger partial charge >= 0.3 is 0 Å². The Bertz CT molecular complexity index is 5900. The summed E-state index contributed by atoms with van der Waals surface area (Å²) >= 11 is 12.4. The first kappa shape index (κ1) is 81.5. The lowest BCUT2D eigenvalue weighted by atomic mass is 9.65. The van der Waals surface area contributed by atoms with Gasteiger partial charge in [0.2, 0.25) is 0 Å². The molecular weight excluding hydrogens is 1560 g/mol. The number of nitrogens with zero attached hydrogens (tertiary/aromatic N) is 8. The van der Waals surface area contributed by atoms with E-state index in [1.165, 1.54) is 82.9 Å². The highest BCUT2D eigenvalue weighted by Gasteiger charge is 2.59. The number of hydrogen-bond acceptors (Lipinski definition) is 8. The average molecular weight is 1650 g/mol. The molecule has 12 aromatic rings. The van der Waals surface area contributed by atoms with Gasteiger partial charge < -0.3 is 20.4 Å². The first-order valence-corrected chi connectivity index (χ1v) is 41.9. The molecule has 0 aliphatic heterocycles. The van der Waals surface area contributed by atoms with Gasteiger partial charge in [-0.3, -0.25) is 0 Å². The number of rotatable bonds is 13. The van der Waals surface area contributed by atoms with Crippen LogP contribution in [0.1, 0.15) is 166 Å². The second-order valence-electron chi connectivity index (χ2n) is 34.5. The van der Waals surface area contributed by atoms with E-state index in [-0.39, 0.29) is 34.1 Å². The van der Waals surface area contributed by atoms with Crippen molar-refractivity contribution in [2.75, 3.05) is 0 Å². The highest BCUT2D eigenvalue weighted by Crippen LogP contribution is 2.61. The number of fused-ring (bicyclic) bond motifs is 8. The predicted molar refractivity (Wildman–Crippen MR) is 458 cm³/mol. The van der Waals surface area contributed by atoms with Crippen LogP contribution in [0.2, 0.25) is 10.0 Å². The molecule has 0 unspecified atom stereocenters. The van der Waals surface area contributed by atoms with E-state index >= 15 is 0 Å². The second kappa shape index (κ2) is 31.9. The van der Waals surface area contributed by atoms with E-state index in [2.05, 4.69) is 109 Å². The third kappa shape index (κ3) is 15.0. The maximum absolute atomic E-state index is 14.1. The number of hydrogen-bond donors (Lipinski definition) is 4. The van der Waals surface area contributed by atoms with Crippen LogP contribution in [-0.2, 0) is 44.9 Å². The Morgan fingerprint density at radius 1 is 0.367 bits per heavy atom.